The Morgan fingerprint density at radius 2 is 0.889 bits per heavy atom. The van der Waals surface area contributed by atoms with Crippen molar-refractivity contribution in [2.45, 2.75) is 0 Å². The minimum absolute atomic E-state index is 0. The predicted octanol–water partition coefficient (Wildman–Crippen LogP) is -6.63. The summed E-state index contributed by atoms with van der Waals surface area (Å²) in [7, 11) is -5.33. The SMILES string of the molecule is [O-]B(O)O.[O-]B([O-])[O-].[Ti+4]. The van der Waals surface area contributed by atoms with Crippen LogP contribution in [0.1, 0.15) is 0 Å². The fraction of sp³-hybridized carbons (Fsp3) is 0. The molecule has 0 fully saturated rings. The van der Waals surface area contributed by atoms with Gasteiger partial charge in [0.05, 0.1) is 0 Å². The first-order valence-corrected chi connectivity index (χ1v) is 1.46. The molecule has 0 radical (unpaired) electrons. The molecular formula is H2B2O6Ti. The molecule has 0 rings (SSSR count). The van der Waals surface area contributed by atoms with Gasteiger partial charge in [-0.25, -0.2) is 0 Å². The van der Waals surface area contributed by atoms with Crippen molar-refractivity contribution in [1.82, 2.24) is 0 Å². The second kappa shape index (κ2) is 11.4. The molecule has 0 saturated carbocycles. The van der Waals surface area contributed by atoms with E-state index in [0.29, 0.717) is 0 Å². The third-order valence-electron chi connectivity index (χ3n) is 0. The summed E-state index contributed by atoms with van der Waals surface area (Å²) in [6.07, 6.45) is 0. The fourth-order valence-electron chi connectivity index (χ4n) is 0. The molecule has 2 N–H and O–H groups in total. The zero-order valence-electron chi connectivity index (χ0n) is 4.18. The van der Waals surface area contributed by atoms with Gasteiger partial charge in [0.25, 0.3) is 0 Å². The molecule has 0 aliphatic heterocycles. The van der Waals surface area contributed by atoms with Crippen LogP contribution in [0.5, 0.6) is 0 Å². The zero-order valence-corrected chi connectivity index (χ0v) is 5.74. The van der Waals surface area contributed by atoms with Gasteiger partial charge in [0.15, 0.2) is 0 Å². The summed E-state index contributed by atoms with van der Waals surface area (Å²) in [4.78, 5) is 0. The van der Waals surface area contributed by atoms with Crippen LogP contribution in [0, 0.1) is 0 Å². The predicted molar refractivity (Wildman–Crippen MR) is 15.9 cm³/mol. The molecule has 48 valence electrons. The Morgan fingerprint density at radius 1 is 0.889 bits per heavy atom. The van der Waals surface area contributed by atoms with Crippen molar-refractivity contribution in [1.29, 1.82) is 0 Å². The molecule has 0 aliphatic rings. The van der Waals surface area contributed by atoms with E-state index < -0.39 is 14.6 Å². The van der Waals surface area contributed by atoms with E-state index in [4.69, 9.17) is 30.1 Å². The summed E-state index contributed by atoms with van der Waals surface area (Å²) in [5.41, 5.74) is 0. The maximum atomic E-state index is 8.64. The maximum absolute atomic E-state index is 8.64. The summed E-state index contributed by atoms with van der Waals surface area (Å²) in [5, 5.41) is 48.0. The molecular weight excluding hydrogens is 165 g/mol. The van der Waals surface area contributed by atoms with Crippen LogP contribution in [-0.2, 0) is 21.7 Å². The first kappa shape index (κ1) is 16.3. The Hall–Kier alpha value is 0.604. The molecule has 6 nitrogen and oxygen atoms in total. The molecule has 0 aliphatic carbocycles. The van der Waals surface area contributed by atoms with E-state index in [9.17, 15) is 0 Å². The van der Waals surface area contributed by atoms with Gasteiger partial charge in [-0.1, -0.05) is 0 Å². The van der Waals surface area contributed by atoms with Gasteiger partial charge in [-0.3, -0.25) is 7.32 Å². The second-order valence-electron chi connectivity index (χ2n) is 0.615. The van der Waals surface area contributed by atoms with Crippen LogP contribution >= 0.6 is 0 Å². The molecule has 0 saturated heterocycles. The molecule has 0 heterocycles. The Morgan fingerprint density at radius 3 is 0.889 bits per heavy atom. The van der Waals surface area contributed by atoms with E-state index in [-0.39, 0.29) is 21.7 Å². The molecule has 0 atom stereocenters. The van der Waals surface area contributed by atoms with E-state index in [0.717, 1.165) is 0 Å². The quantitative estimate of drug-likeness (QED) is 0.345. The van der Waals surface area contributed by atoms with Crippen molar-refractivity contribution in [2.24, 2.45) is 0 Å². The van der Waals surface area contributed by atoms with Crippen LogP contribution in [0.3, 0.4) is 0 Å². The smallest absolute Gasteiger partial charge is 0.907 e. The minimum atomic E-state index is -2.92. The van der Waals surface area contributed by atoms with Crippen molar-refractivity contribution >= 4 is 14.6 Å². The minimum Gasteiger partial charge on any atom is -0.907 e. The van der Waals surface area contributed by atoms with E-state index in [1.165, 1.54) is 0 Å². The molecule has 0 aromatic heterocycles. The van der Waals surface area contributed by atoms with Crippen molar-refractivity contribution in [3.05, 3.63) is 0 Å². The van der Waals surface area contributed by atoms with Crippen molar-refractivity contribution in [3.8, 4) is 0 Å². The Bertz CT molecular complexity index is 26.5. The third-order valence-corrected chi connectivity index (χ3v) is 0. The summed E-state index contributed by atoms with van der Waals surface area (Å²) in [6.45, 7) is 0. The third kappa shape index (κ3) is 1030. The van der Waals surface area contributed by atoms with E-state index in [2.05, 4.69) is 0 Å². The van der Waals surface area contributed by atoms with Crippen LogP contribution in [0.15, 0.2) is 0 Å². The topological polar surface area (TPSA) is 133 Å². The van der Waals surface area contributed by atoms with Crippen LogP contribution in [0.2, 0.25) is 0 Å². The van der Waals surface area contributed by atoms with Gasteiger partial charge in [-0.2, -0.15) is 0 Å². The summed E-state index contributed by atoms with van der Waals surface area (Å²) < 4.78 is 0. The van der Waals surface area contributed by atoms with Crippen LogP contribution in [0.4, 0.5) is 0 Å². The van der Waals surface area contributed by atoms with E-state index in [1.807, 2.05) is 0 Å². The molecule has 0 bridgehead atoms. The van der Waals surface area contributed by atoms with Gasteiger partial charge >= 0.3 is 29.0 Å². The van der Waals surface area contributed by atoms with E-state index in [1.54, 1.807) is 0 Å². The normalized spacial score (nSPS) is 6.00. The standard InChI is InChI=1S/BH2O3.BO3.Ti/c2*2-1(3)4;/h2-3H;;/q-1;-3;+4. The number of rotatable bonds is 0. The Kier molecular flexibility index (Phi) is 20.7. The largest absolute Gasteiger partial charge is 4.00 e. The van der Waals surface area contributed by atoms with E-state index >= 15 is 0 Å². The van der Waals surface area contributed by atoms with Crippen LogP contribution in [0.25, 0.3) is 0 Å². The molecule has 0 spiro atoms. The molecule has 0 unspecified atom stereocenters. The van der Waals surface area contributed by atoms with Gasteiger partial charge < -0.3 is 30.1 Å². The van der Waals surface area contributed by atoms with Crippen molar-refractivity contribution < 1.29 is 51.9 Å². The molecule has 9 heteroatoms. The Balaban J connectivity index is -0.0000000720. The Labute approximate surface area is 67.0 Å². The van der Waals surface area contributed by atoms with Crippen LogP contribution in [-0.4, -0.2) is 24.7 Å². The first-order valence-electron chi connectivity index (χ1n) is 1.46. The van der Waals surface area contributed by atoms with Gasteiger partial charge in [0.1, 0.15) is 0 Å². The molecule has 0 aromatic carbocycles. The van der Waals surface area contributed by atoms with Crippen LogP contribution < -0.4 is 20.1 Å². The first-order chi connectivity index (χ1) is 3.46. The average molecular weight is 168 g/mol. The summed E-state index contributed by atoms with van der Waals surface area (Å²) >= 11 is 0. The molecule has 9 heavy (non-hydrogen) atoms. The molecule has 0 amide bonds. The van der Waals surface area contributed by atoms with Gasteiger partial charge in [-0.05, 0) is 0 Å². The number of hydrogen-bond donors (Lipinski definition) is 2. The van der Waals surface area contributed by atoms with Crippen molar-refractivity contribution in [2.75, 3.05) is 0 Å². The van der Waals surface area contributed by atoms with Gasteiger partial charge in [0.2, 0.25) is 0 Å². The maximum Gasteiger partial charge on any atom is 4.00 e. The fourth-order valence-corrected chi connectivity index (χ4v) is 0. The number of hydrogen-bond acceptors (Lipinski definition) is 6. The van der Waals surface area contributed by atoms with Gasteiger partial charge in [-0.15, -0.1) is 0 Å². The average Bonchev–Trinajstić information content (AvgIpc) is 1.25. The summed E-state index contributed by atoms with van der Waals surface area (Å²) in [5.74, 6) is 0. The zero-order chi connectivity index (χ0) is 7.15. The second-order valence-corrected chi connectivity index (χ2v) is 0.615. The summed E-state index contributed by atoms with van der Waals surface area (Å²) in [6, 6.07) is 0. The van der Waals surface area contributed by atoms with Crippen molar-refractivity contribution in [3.63, 3.8) is 0 Å². The molecule has 0 aromatic rings. The monoisotopic (exact) mass is 168 g/mol. The van der Waals surface area contributed by atoms with Gasteiger partial charge in [0, 0.05) is 0 Å².